The minimum atomic E-state index is -1.22. The van der Waals surface area contributed by atoms with Crippen molar-refractivity contribution in [2.45, 2.75) is 11.5 Å². The lowest BCUT2D eigenvalue weighted by Crippen LogP contribution is -2.62. The number of fused-ring (bicyclic) bond motifs is 4. The highest BCUT2D eigenvalue weighted by Gasteiger charge is 2.75. The van der Waals surface area contributed by atoms with Gasteiger partial charge in [0, 0.05) is 23.7 Å². The van der Waals surface area contributed by atoms with E-state index in [1.165, 1.54) is 0 Å². The van der Waals surface area contributed by atoms with Crippen LogP contribution >= 0.6 is 0 Å². The molecule has 1 amide bonds. The van der Waals surface area contributed by atoms with Gasteiger partial charge in [0.1, 0.15) is 23.3 Å². The van der Waals surface area contributed by atoms with Crippen molar-refractivity contribution < 1.29 is 14.3 Å². The van der Waals surface area contributed by atoms with E-state index in [2.05, 4.69) is 11.4 Å². The largest absolute Gasteiger partial charge is 0.492 e. The van der Waals surface area contributed by atoms with Crippen LogP contribution in [0.1, 0.15) is 33.0 Å². The van der Waals surface area contributed by atoms with Gasteiger partial charge in [0.05, 0.1) is 17.2 Å². The molecule has 6 rings (SSSR count). The van der Waals surface area contributed by atoms with Gasteiger partial charge in [0.25, 0.3) is 5.91 Å². The van der Waals surface area contributed by atoms with Crippen molar-refractivity contribution in [3.05, 3.63) is 95.1 Å². The maximum Gasteiger partial charge on any atom is 0.250 e. The Bertz CT molecular complexity index is 1360. The molecule has 3 aliphatic rings. The summed E-state index contributed by atoms with van der Waals surface area (Å²) < 4.78 is 6.25. The number of ether oxygens (including phenoxy) is 1. The van der Waals surface area contributed by atoms with Crippen molar-refractivity contribution in [2.75, 3.05) is 25.5 Å². The molecule has 3 atom stereocenters. The van der Waals surface area contributed by atoms with Gasteiger partial charge in [0.2, 0.25) is 0 Å². The average molecular weight is 435 g/mol. The van der Waals surface area contributed by atoms with E-state index in [0.717, 1.165) is 16.8 Å². The minimum absolute atomic E-state index is 0.0829. The highest BCUT2D eigenvalue weighted by Crippen LogP contribution is 2.64. The van der Waals surface area contributed by atoms with Crippen LogP contribution in [0, 0.1) is 16.7 Å². The molecular weight excluding hydrogens is 414 g/mol. The number of hydrogen-bond acceptors (Lipinski definition) is 5. The summed E-state index contributed by atoms with van der Waals surface area (Å²) in [5.74, 6) is -0.0651. The van der Waals surface area contributed by atoms with Gasteiger partial charge in [-0.15, -0.1) is 0 Å². The van der Waals surface area contributed by atoms with Gasteiger partial charge in [-0.2, -0.15) is 5.26 Å². The second-order valence-corrected chi connectivity index (χ2v) is 8.96. The van der Waals surface area contributed by atoms with Crippen LogP contribution in [0.2, 0.25) is 0 Å². The molecule has 0 bridgehead atoms. The first-order valence-electron chi connectivity index (χ1n) is 10.9. The Morgan fingerprint density at radius 1 is 1.03 bits per heavy atom. The van der Waals surface area contributed by atoms with Crippen molar-refractivity contribution in [1.82, 2.24) is 4.90 Å². The average Bonchev–Trinajstić information content (AvgIpc) is 3.30. The Labute approximate surface area is 191 Å². The summed E-state index contributed by atoms with van der Waals surface area (Å²) in [5.41, 5.74) is 1.08. The standard InChI is InChI=1S/C27H21N3O3/c1-30-15-21(18-12-10-17(14-28)11-13-18)26(16-33-23-9-5-2-6-19(23)24(26)31)27(30)20-7-3-4-8-22(20)29-25(27)32/h2-13,21H,15-16H2,1H3,(H,29,32)/t21-,26+,27-/m0/s1. The highest BCUT2D eigenvalue weighted by molar-refractivity contribution is 6.15. The summed E-state index contributed by atoms with van der Waals surface area (Å²) in [5, 5.41) is 12.3. The summed E-state index contributed by atoms with van der Waals surface area (Å²) in [7, 11) is 1.90. The number of likely N-dealkylation sites (tertiary alicyclic amines) is 1. The predicted molar refractivity (Wildman–Crippen MR) is 122 cm³/mol. The van der Waals surface area contributed by atoms with Crippen LogP contribution in [0.5, 0.6) is 5.75 Å². The maximum atomic E-state index is 14.5. The number of nitriles is 1. The number of Topliss-reactive ketones (excluding diaryl/α,β-unsaturated/α-hetero) is 1. The monoisotopic (exact) mass is 435 g/mol. The zero-order valence-electron chi connectivity index (χ0n) is 18.0. The predicted octanol–water partition coefficient (Wildman–Crippen LogP) is 3.70. The molecule has 0 unspecified atom stereocenters. The number of nitrogens with zero attached hydrogens (tertiary/aromatic N) is 2. The lowest BCUT2D eigenvalue weighted by Gasteiger charge is -2.47. The summed E-state index contributed by atoms with van der Waals surface area (Å²) in [6.45, 7) is 0.574. The normalized spacial score (nSPS) is 27.7. The number of rotatable bonds is 1. The van der Waals surface area contributed by atoms with Crippen molar-refractivity contribution in [3.8, 4) is 11.8 Å². The van der Waals surface area contributed by atoms with Crippen molar-refractivity contribution in [2.24, 2.45) is 5.41 Å². The Morgan fingerprint density at radius 2 is 1.76 bits per heavy atom. The van der Waals surface area contributed by atoms with Crippen LogP contribution < -0.4 is 10.1 Å². The quantitative estimate of drug-likeness (QED) is 0.630. The van der Waals surface area contributed by atoms with Crippen LogP contribution in [-0.4, -0.2) is 36.8 Å². The summed E-state index contributed by atoms with van der Waals surface area (Å²) >= 11 is 0. The fourth-order valence-corrected chi connectivity index (χ4v) is 6.21. The molecule has 0 aromatic heterocycles. The zero-order chi connectivity index (χ0) is 22.8. The van der Waals surface area contributed by atoms with E-state index in [9.17, 15) is 14.9 Å². The van der Waals surface area contributed by atoms with Crippen molar-refractivity contribution >= 4 is 17.4 Å². The third kappa shape index (κ3) is 2.30. The number of likely N-dealkylation sites (N-methyl/N-ethyl adjacent to an activating group) is 1. The minimum Gasteiger partial charge on any atom is -0.492 e. The fraction of sp³-hybridized carbons (Fsp3) is 0.222. The van der Waals surface area contributed by atoms with Crippen molar-refractivity contribution in [1.29, 1.82) is 5.26 Å². The first-order chi connectivity index (χ1) is 16.0. The molecule has 1 N–H and O–H groups in total. The Kier molecular flexibility index (Phi) is 4.05. The van der Waals surface area contributed by atoms with E-state index in [-0.39, 0.29) is 24.2 Å². The Morgan fingerprint density at radius 3 is 2.55 bits per heavy atom. The summed E-state index contributed by atoms with van der Waals surface area (Å²) in [6, 6.07) is 24.3. The van der Waals surface area contributed by atoms with Gasteiger partial charge in [0.15, 0.2) is 5.78 Å². The SMILES string of the molecule is CN1C[C@@H](c2ccc(C#N)cc2)[C@@]2(COc3ccccc3C2=O)[C@]12C(=O)Nc1ccccc12. The number of para-hydroxylation sites is 2. The molecule has 3 heterocycles. The number of hydrogen-bond donors (Lipinski definition) is 1. The van der Waals surface area contributed by atoms with Crippen LogP contribution in [-0.2, 0) is 10.3 Å². The van der Waals surface area contributed by atoms with Gasteiger partial charge in [-0.3, -0.25) is 14.5 Å². The number of amides is 1. The molecule has 0 aliphatic carbocycles. The van der Waals surface area contributed by atoms with Gasteiger partial charge < -0.3 is 10.1 Å². The third-order valence-electron chi connectivity index (χ3n) is 7.60. The van der Waals surface area contributed by atoms with E-state index in [4.69, 9.17) is 4.74 Å². The fourth-order valence-electron chi connectivity index (χ4n) is 6.21. The number of carbonyl (C=O) groups is 2. The number of ketones is 1. The van der Waals surface area contributed by atoms with E-state index in [1.807, 2.05) is 60.5 Å². The van der Waals surface area contributed by atoms with Crippen molar-refractivity contribution in [3.63, 3.8) is 0 Å². The lowest BCUT2D eigenvalue weighted by atomic mass is 9.57. The summed E-state index contributed by atoms with van der Waals surface area (Å²) in [6.07, 6.45) is 0. The third-order valence-corrected chi connectivity index (χ3v) is 7.60. The molecule has 2 spiro atoms. The molecule has 1 saturated heterocycles. The molecule has 6 heteroatoms. The molecule has 1 fully saturated rings. The van der Waals surface area contributed by atoms with Crippen LogP contribution in [0.3, 0.4) is 0 Å². The van der Waals surface area contributed by atoms with Crippen LogP contribution in [0.25, 0.3) is 0 Å². The van der Waals surface area contributed by atoms with E-state index in [1.54, 1.807) is 24.3 Å². The van der Waals surface area contributed by atoms with Gasteiger partial charge in [-0.25, -0.2) is 0 Å². The van der Waals surface area contributed by atoms with Gasteiger partial charge >= 0.3 is 0 Å². The molecule has 3 aromatic rings. The number of benzene rings is 3. The van der Waals surface area contributed by atoms with E-state index >= 15 is 0 Å². The Hall–Kier alpha value is -3.95. The lowest BCUT2D eigenvalue weighted by molar-refractivity contribution is -0.131. The molecule has 33 heavy (non-hydrogen) atoms. The topological polar surface area (TPSA) is 82.4 Å². The van der Waals surface area contributed by atoms with E-state index in [0.29, 0.717) is 23.4 Å². The zero-order valence-corrected chi connectivity index (χ0v) is 18.0. The second kappa shape index (κ2) is 6.77. The molecule has 6 nitrogen and oxygen atoms in total. The smallest absolute Gasteiger partial charge is 0.250 e. The van der Waals surface area contributed by atoms with Gasteiger partial charge in [-0.1, -0.05) is 42.5 Å². The van der Waals surface area contributed by atoms with E-state index < -0.39 is 11.0 Å². The van der Waals surface area contributed by atoms with Crippen LogP contribution in [0.15, 0.2) is 72.8 Å². The number of carbonyl (C=O) groups excluding carboxylic acids is 2. The Balaban J connectivity index is 1.65. The molecular formula is C27H21N3O3. The van der Waals surface area contributed by atoms with Crippen LogP contribution in [0.4, 0.5) is 5.69 Å². The molecule has 3 aliphatic heterocycles. The number of anilines is 1. The highest BCUT2D eigenvalue weighted by atomic mass is 16.5. The van der Waals surface area contributed by atoms with Gasteiger partial charge in [-0.05, 0) is 42.9 Å². The molecule has 162 valence electrons. The molecule has 0 saturated carbocycles. The first kappa shape index (κ1) is 19.7. The first-order valence-corrected chi connectivity index (χ1v) is 10.9. The summed E-state index contributed by atoms with van der Waals surface area (Å²) in [4.78, 5) is 30.3. The number of nitrogens with one attached hydrogen (secondary N) is 1. The maximum absolute atomic E-state index is 14.5. The molecule has 0 radical (unpaired) electrons. The second-order valence-electron chi connectivity index (χ2n) is 8.96. The molecule has 3 aromatic carbocycles.